The maximum atomic E-state index is 14.8. The van der Waals surface area contributed by atoms with Gasteiger partial charge in [-0.15, -0.1) is 0 Å². The number of carboxylic acid groups (broad SMARTS) is 1. The van der Waals surface area contributed by atoms with Crippen LogP contribution in [-0.4, -0.2) is 28.6 Å². The lowest BCUT2D eigenvalue weighted by atomic mass is 10.0. The summed E-state index contributed by atoms with van der Waals surface area (Å²) < 4.78 is 45.7. The summed E-state index contributed by atoms with van der Waals surface area (Å²) in [4.78, 5) is 28.0. The fraction of sp³-hybridized carbons (Fsp3) is 0.138. The number of hydrogen-bond acceptors (Lipinski definition) is 7. The molecule has 0 aliphatic rings. The van der Waals surface area contributed by atoms with Gasteiger partial charge < -0.3 is 25.1 Å². The van der Waals surface area contributed by atoms with Crippen LogP contribution in [0.4, 0.5) is 8.78 Å². The third-order valence-corrected chi connectivity index (χ3v) is 5.62. The number of aromatic nitrogens is 1. The normalized spacial score (nSPS) is 10.7. The van der Waals surface area contributed by atoms with Crippen LogP contribution in [-0.2, 0) is 11.3 Å². The van der Waals surface area contributed by atoms with Crippen LogP contribution in [0.3, 0.4) is 0 Å². The number of aromatic carboxylic acids is 1. The molecule has 1 heterocycles. The van der Waals surface area contributed by atoms with Crippen molar-refractivity contribution in [3.8, 4) is 34.4 Å². The Balaban J connectivity index is 1.77. The van der Waals surface area contributed by atoms with Crippen molar-refractivity contribution in [2.45, 2.75) is 20.4 Å². The Bertz CT molecular complexity index is 1560. The number of carboxylic acids is 1. The molecule has 8 nitrogen and oxygen atoms in total. The highest BCUT2D eigenvalue weighted by molar-refractivity contribution is 5.93. The maximum absolute atomic E-state index is 14.8. The molecule has 0 radical (unpaired) electrons. The SMILES string of the molecule is CCOC(=O)c1ccc(-c2cccc(CN)c2)cc1Oc1nc(Oc2cc(C)ccc2C(=O)O)c(F)cc1F. The van der Waals surface area contributed by atoms with Gasteiger partial charge in [-0.2, -0.15) is 4.98 Å². The number of pyridine rings is 1. The molecule has 4 rings (SSSR count). The Morgan fingerprint density at radius 2 is 1.51 bits per heavy atom. The van der Waals surface area contributed by atoms with Gasteiger partial charge in [-0.25, -0.2) is 18.4 Å². The molecule has 0 fully saturated rings. The summed E-state index contributed by atoms with van der Waals surface area (Å²) in [5, 5.41) is 9.45. The van der Waals surface area contributed by atoms with Crippen molar-refractivity contribution >= 4 is 11.9 Å². The van der Waals surface area contributed by atoms with E-state index in [-0.39, 0.29) is 29.2 Å². The van der Waals surface area contributed by atoms with Gasteiger partial charge in [0.05, 0.1) is 6.61 Å². The third kappa shape index (κ3) is 6.19. The van der Waals surface area contributed by atoms with Crippen LogP contribution in [0, 0.1) is 18.6 Å². The number of carbonyl (C=O) groups excluding carboxylic acids is 1. The Labute approximate surface area is 222 Å². The van der Waals surface area contributed by atoms with Crippen molar-refractivity contribution in [2.24, 2.45) is 5.73 Å². The van der Waals surface area contributed by atoms with Crippen LogP contribution in [0.25, 0.3) is 11.1 Å². The summed E-state index contributed by atoms with van der Waals surface area (Å²) in [6, 6.07) is 16.7. The van der Waals surface area contributed by atoms with Crippen LogP contribution in [0.15, 0.2) is 66.7 Å². The Kier molecular flexibility index (Phi) is 8.16. The minimum atomic E-state index is -1.31. The van der Waals surface area contributed by atoms with Crippen LogP contribution >= 0.6 is 0 Å². The monoisotopic (exact) mass is 534 g/mol. The molecule has 0 amide bonds. The molecule has 0 bridgehead atoms. The summed E-state index contributed by atoms with van der Waals surface area (Å²) in [7, 11) is 0. The molecule has 0 spiro atoms. The van der Waals surface area contributed by atoms with Crippen molar-refractivity contribution in [2.75, 3.05) is 6.61 Å². The number of esters is 1. The van der Waals surface area contributed by atoms with Crippen LogP contribution in [0.5, 0.6) is 23.3 Å². The molecule has 200 valence electrons. The summed E-state index contributed by atoms with van der Waals surface area (Å²) in [5.74, 6) is -6.10. The van der Waals surface area contributed by atoms with Crippen molar-refractivity contribution in [1.82, 2.24) is 4.98 Å². The van der Waals surface area contributed by atoms with E-state index in [1.807, 2.05) is 24.3 Å². The standard InChI is InChI=1S/C29H24F2N2O6/c1-3-37-29(36)21-10-8-19(18-6-4-5-17(12-18)15-32)13-25(21)39-27-23(31)14-22(30)26(33-27)38-24-11-16(2)7-9-20(24)28(34)35/h4-14H,3,15,32H2,1-2H3,(H,34,35). The predicted octanol–water partition coefficient (Wildman–Crippen LogP) is 6.25. The topological polar surface area (TPSA) is 121 Å². The van der Waals surface area contributed by atoms with Gasteiger partial charge in [0.25, 0.3) is 11.8 Å². The van der Waals surface area contributed by atoms with Gasteiger partial charge in [0.2, 0.25) is 0 Å². The van der Waals surface area contributed by atoms with Crippen molar-refractivity contribution in [1.29, 1.82) is 0 Å². The highest BCUT2D eigenvalue weighted by Crippen LogP contribution is 2.35. The van der Waals surface area contributed by atoms with Crippen LogP contribution < -0.4 is 15.2 Å². The molecule has 0 saturated carbocycles. The average molecular weight is 535 g/mol. The van der Waals surface area contributed by atoms with Gasteiger partial charge in [0, 0.05) is 12.6 Å². The minimum Gasteiger partial charge on any atom is -0.478 e. The first-order chi connectivity index (χ1) is 18.7. The fourth-order valence-corrected chi connectivity index (χ4v) is 3.72. The molecule has 1 aromatic heterocycles. The van der Waals surface area contributed by atoms with Crippen molar-refractivity contribution in [3.05, 3.63) is 101 Å². The van der Waals surface area contributed by atoms with Gasteiger partial charge in [-0.1, -0.05) is 30.3 Å². The highest BCUT2D eigenvalue weighted by atomic mass is 19.1. The maximum Gasteiger partial charge on any atom is 0.341 e. The molecular formula is C29H24F2N2O6. The number of benzene rings is 3. The van der Waals surface area contributed by atoms with Gasteiger partial charge in [-0.05, 0) is 66.4 Å². The van der Waals surface area contributed by atoms with E-state index in [4.69, 9.17) is 19.9 Å². The zero-order valence-corrected chi connectivity index (χ0v) is 21.0. The first kappa shape index (κ1) is 27.2. The number of ether oxygens (including phenoxy) is 3. The Morgan fingerprint density at radius 3 is 2.15 bits per heavy atom. The number of halogens is 2. The lowest BCUT2D eigenvalue weighted by molar-refractivity contribution is 0.0522. The average Bonchev–Trinajstić information content (AvgIpc) is 2.91. The number of hydrogen-bond donors (Lipinski definition) is 2. The number of nitrogens with zero attached hydrogens (tertiary/aromatic N) is 1. The van der Waals surface area contributed by atoms with Crippen molar-refractivity contribution < 1.29 is 37.7 Å². The second-order valence-corrected chi connectivity index (χ2v) is 8.41. The number of aryl methyl sites for hydroxylation is 1. The second kappa shape index (κ2) is 11.7. The van der Waals surface area contributed by atoms with E-state index in [0.717, 1.165) is 11.1 Å². The summed E-state index contributed by atoms with van der Waals surface area (Å²) in [6.07, 6.45) is 0. The Hall–Kier alpha value is -4.83. The highest BCUT2D eigenvalue weighted by Gasteiger charge is 2.22. The summed E-state index contributed by atoms with van der Waals surface area (Å²) in [6.45, 7) is 3.72. The summed E-state index contributed by atoms with van der Waals surface area (Å²) >= 11 is 0. The van der Waals surface area contributed by atoms with Gasteiger partial charge >= 0.3 is 11.9 Å². The molecule has 3 aromatic carbocycles. The van der Waals surface area contributed by atoms with E-state index < -0.39 is 35.3 Å². The molecule has 0 saturated heterocycles. The molecule has 39 heavy (non-hydrogen) atoms. The number of nitrogens with two attached hydrogens (primary N) is 1. The first-order valence-electron chi connectivity index (χ1n) is 11.9. The molecular weight excluding hydrogens is 510 g/mol. The molecule has 0 aliphatic carbocycles. The van der Waals surface area contributed by atoms with Crippen LogP contribution in [0.2, 0.25) is 0 Å². The number of carbonyl (C=O) groups is 2. The lowest BCUT2D eigenvalue weighted by Gasteiger charge is -2.14. The van der Waals surface area contributed by atoms with Gasteiger partial charge in [-0.3, -0.25) is 0 Å². The smallest absolute Gasteiger partial charge is 0.341 e. The zero-order chi connectivity index (χ0) is 28.1. The molecule has 0 unspecified atom stereocenters. The number of rotatable bonds is 9. The predicted molar refractivity (Wildman–Crippen MR) is 138 cm³/mol. The molecule has 10 heteroatoms. The quantitative estimate of drug-likeness (QED) is 0.242. The van der Waals surface area contributed by atoms with Crippen molar-refractivity contribution in [3.63, 3.8) is 0 Å². The second-order valence-electron chi connectivity index (χ2n) is 8.41. The van der Waals surface area contributed by atoms with Crippen LogP contribution in [0.1, 0.15) is 38.8 Å². The fourth-order valence-electron chi connectivity index (χ4n) is 3.72. The molecule has 3 N–H and O–H groups in total. The lowest BCUT2D eigenvalue weighted by Crippen LogP contribution is -2.08. The Morgan fingerprint density at radius 1 is 0.872 bits per heavy atom. The van der Waals surface area contributed by atoms with E-state index in [1.54, 1.807) is 26.0 Å². The van der Waals surface area contributed by atoms with E-state index in [9.17, 15) is 23.5 Å². The largest absolute Gasteiger partial charge is 0.478 e. The van der Waals surface area contributed by atoms with E-state index in [2.05, 4.69) is 4.98 Å². The molecule has 0 aliphatic heterocycles. The van der Waals surface area contributed by atoms with Gasteiger partial charge in [0.15, 0.2) is 11.6 Å². The third-order valence-electron chi connectivity index (χ3n) is 5.62. The summed E-state index contributed by atoms with van der Waals surface area (Å²) in [5.41, 5.74) is 8.38. The van der Waals surface area contributed by atoms with E-state index in [0.29, 0.717) is 23.7 Å². The minimum absolute atomic E-state index is 0.0181. The van der Waals surface area contributed by atoms with E-state index >= 15 is 0 Å². The molecule has 0 atom stereocenters. The zero-order valence-electron chi connectivity index (χ0n) is 21.0. The van der Waals surface area contributed by atoms with Gasteiger partial charge in [0.1, 0.15) is 22.6 Å². The first-order valence-corrected chi connectivity index (χ1v) is 11.9. The molecule has 4 aromatic rings. The van der Waals surface area contributed by atoms with E-state index in [1.165, 1.54) is 24.3 Å².